The van der Waals surface area contributed by atoms with Gasteiger partial charge in [-0.25, -0.2) is 4.98 Å². The van der Waals surface area contributed by atoms with Gasteiger partial charge in [0.25, 0.3) is 5.91 Å². The molecule has 0 atom stereocenters. The first-order valence-electron chi connectivity index (χ1n) is 5.18. The van der Waals surface area contributed by atoms with Crippen LogP contribution < -0.4 is 10.6 Å². The molecule has 0 aliphatic heterocycles. The van der Waals surface area contributed by atoms with Crippen molar-refractivity contribution in [3.8, 4) is 0 Å². The first-order valence-corrected chi connectivity index (χ1v) is 5.97. The van der Waals surface area contributed by atoms with Crippen molar-refractivity contribution in [2.24, 2.45) is 0 Å². The second kappa shape index (κ2) is 6.34. The van der Waals surface area contributed by atoms with E-state index in [2.05, 4.69) is 31.5 Å². The Labute approximate surface area is 108 Å². The molecule has 2 amide bonds. The van der Waals surface area contributed by atoms with Gasteiger partial charge in [0.05, 0.1) is 12.1 Å². The maximum absolute atomic E-state index is 11.6. The molecular weight excluding hydrogens is 286 g/mol. The summed E-state index contributed by atoms with van der Waals surface area (Å²) in [5, 5.41) is 5.20. The van der Waals surface area contributed by atoms with Crippen LogP contribution in [-0.2, 0) is 4.79 Å². The summed E-state index contributed by atoms with van der Waals surface area (Å²) in [5.41, 5.74) is 0.422. The van der Waals surface area contributed by atoms with Crippen LogP contribution in [0.4, 0.5) is 0 Å². The van der Waals surface area contributed by atoms with Crippen LogP contribution in [0.2, 0.25) is 0 Å². The van der Waals surface area contributed by atoms with Gasteiger partial charge in [-0.2, -0.15) is 0 Å². The maximum Gasteiger partial charge on any atom is 0.253 e. The first-order chi connectivity index (χ1) is 7.99. The third-order valence-electron chi connectivity index (χ3n) is 1.85. The number of hydrogen-bond donors (Lipinski definition) is 2. The molecule has 0 aromatic carbocycles. The summed E-state index contributed by atoms with van der Waals surface area (Å²) in [6.45, 7) is 3.68. The smallest absolute Gasteiger partial charge is 0.253 e. The molecule has 0 unspecified atom stereocenters. The Morgan fingerprint density at radius 3 is 2.65 bits per heavy atom. The lowest BCUT2D eigenvalue weighted by atomic mass is 10.3. The van der Waals surface area contributed by atoms with Crippen molar-refractivity contribution in [2.45, 2.75) is 19.9 Å². The number of carbonyl (C=O) groups excluding carboxylic acids is 2. The molecule has 0 bridgehead atoms. The van der Waals surface area contributed by atoms with Crippen LogP contribution in [0.25, 0.3) is 0 Å². The fraction of sp³-hybridized carbons (Fsp3) is 0.364. The van der Waals surface area contributed by atoms with Crippen molar-refractivity contribution in [3.05, 3.63) is 28.5 Å². The van der Waals surface area contributed by atoms with Crippen LogP contribution in [-0.4, -0.2) is 29.4 Å². The van der Waals surface area contributed by atoms with Gasteiger partial charge in [0, 0.05) is 12.2 Å². The number of pyridine rings is 1. The van der Waals surface area contributed by atoms with Crippen molar-refractivity contribution < 1.29 is 9.59 Å². The fourth-order valence-corrected chi connectivity index (χ4v) is 1.38. The average Bonchev–Trinajstić information content (AvgIpc) is 2.26. The molecule has 1 heterocycles. The van der Waals surface area contributed by atoms with Crippen molar-refractivity contribution in [1.82, 2.24) is 15.6 Å². The van der Waals surface area contributed by atoms with Crippen molar-refractivity contribution in [1.29, 1.82) is 0 Å². The Balaban J connectivity index is 2.45. The number of nitrogens with zero attached hydrogens (tertiary/aromatic N) is 1. The van der Waals surface area contributed by atoms with Gasteiger partial charge in [-0.1, -0.05) is 0 Å². The molecule has 0 aliphatic rings. The lowest BCUT2D eigenvalue weighted by Crippen LogP contribution is -2.39. The molecule has 5 nitrogen and oxygen atoms in total. The van der Waals surface area contributed by atoms with E-state index in [-0.39, 0.29) is 24.4 Å². The SMILES string of the molecule is CC(C)NC(=O)CNC(=O)c1ccc(Br)nc1. The number of hydrogen-bond acceptors (Lipinski definition) is 3. The van der Waals surface area contributed by atoms with Gasteiger partial charge in [0.15, 0.2) is 0 Å². The third-order valence-corrected chi connectivity index (χ3v) is 2.32. The molecule has 0 spiro atoms. The molecule has 1 rings (SSSR count). The minimum Gasteiger partial charge on any atom is -0.352 e. The summed E-state index contributed by atoms with van der Waals surface area (Å²) in [6, 6.07) is 3.37. The number of rotatable bonds is 4. The Morgan fingerprint density at radius 2 is 2.12 bits per heavy atom. The molecule has 2 N–H and O–H groups in total. The summed E-state index contributed by atoms with van der Waals surface area (Å²) >= 11 is 3.18. The van der Waals surface area contributed by atoms with E-state index in [1.54, 1.807) is 12.1 Å². The van der Waals surface area contributed by atoms with E-state index in [0.717, 1.165) is 0 Å². The van der Waals surface area contributed by atoms with Crippen molar-refractivity contribution in [3.63, 3.8) is 0 Å². The molecule has 0 fully saturated rings. The lowest BCUT2D eigenvalue weighted by Gasteiger charge is -2.09. The predicted molar refractivity (Wildman–Crippen MR) is 67.5 cm³/mol. The van der Waals surface area contributed by atoms with Crippen LogP contribution in [0.5, 0.6) is 0 Å². The normalized spacial score (nSPS) is 10.1. The van der Waals surface area contributed by atoms with Crippen LogP contribution in [0.15, 0.2) is 22.9 Å². The van der Waals surface area contributed by atoms with E-state index in [4.69, 9.17) is 0 Å². The molecule has 6 heteroatoms. The zero-order chi connectivity index (χ0) is 12.8. The van der Waals surface area contributed by atoms with E-state index in [9.17, 15) is 9.59 Å². The van der Waals surface area contributed by atoms with E-state index in [1.807, 2.05) is 13.8 Å². The minimum atomic E-state index is -0.316. The van der Waals surface area contributed by atoms with Gasteiger partial charge in [-0.3, -0.25) is 9.59 Å². The van der Waals surface area contributed by atoms with Gasteiger partial charge >= 0.3 is 0 Å². The standard InChI is InChI=1S/C11H14BrN3O2/c1-7(2)15-10(16)6-14-11(17)8-3-4-9(12)13-5-8/h3-5,7H,6H2,1-2H3,(H,14,17)(H,15,16). The second-order valence-electron chi connectivity index (χ2n) is 3.77. The fourth-order valence-electron chi connectivity index (χ4n) is 1.15. The van der Waals surface area contributed by atoms with Crippen LogP contribution >= 0.6 is 15.9 Å². The molecule has 0 saturated heterocycles. The van der Waals surface area contributed by atoms with Gasteiger partial charge < -0.3 is 10.6 Å². The van der Waals surface area contributed by atoms with Gasteiger partial charge in [-0.05, 0) is 41.9 Å². The molecule has 92 valence electrons. The summed E-state index contributed by atoms with van der Waals surface area (Å²) in [5.74, 6) is -0.526. The number of aromatic nitrogens is 1. The molecular formula is C11H14BrN3O2. The lowest BCUT2D eigenvalue weighted by molar-refractivity contribution is -0.120. The zero-order valence-electron chi connectivity index (χ0n) is 9.66. The molecule has 17 heavy (non-hydrogen) atoms. The number of carbonyl (C=O) groups is 2. The Morgan fingerprint density at radius 1 is 1.41 bits per heavy atom. The minimum absolute atomic E-state index is 0.0346. The van der Waals surface area contributed by atoms with E-state index >= 15 is 0 Å². The zero-order valence-corrected chi connectivity index (χ0v) is 11.2. The first kappa shape index (κ1) is 13.6. The highest BCUT2D eigenvalue weighted by atomic mass is 79.9. The number of halogens is 1. The molecule has 1 aromatic rings. The monoisotopic (exact) mass is 299 g/mol. The van der Waals surface area contributed by atoms with E-state index in [1.165, 1.54) is 6.20 Å². The molecule has 0 radical (unpaired) electrons. The van der Waals surface area contributed by atoms with E-state index in [0.29, 0.717) is 10.2 Å². The van der Waals surface area contributed by atoms with Crippen molar-refractivity contribution in [2.75, 3.05) is 6.54 Å². The van der Waals surface area contributed by atoms with Crippen LogP contribution in [0.3, 0.4) is 0 Å². The van der Waals surface area contributed by atoms with Crippen LogP contribution in [0.1, 0.15) is 24.2 Å². The topological polar surface area (TPSA) is 71.1 Å². The molecule has 0 aliphatic carbocycles. The van der Waals surface area contributed by atoms with Gasteiger partial charge in [0.1, 0.15) is 4.60 Å². The van der Waals surface area contributed by atoms with E-state index < -0.39 is 0 Å². The summed E-state index contributed by atoms with van der Waals surface area (Å²) < 4.78 is 0.659. The quantitative estimate of drug-likeness (QED) is 0.818. The Bertz CT molecular complexity index is 404. The highest BCUT2D eigenvalue weighted by Crippen LogP contribution is 2.05. The highest BCUT2D eigenvalue weighted by molar-refractivity contribution is 9.10. The Hall–Kier alpha value is -1.43. The second-order valence-corrected chi connectivity index (χ2v) is 4.59. The average molecular weight is 300 g/mol. The third kappa shape index (κ3) is 4.95. The predicted octanol–water partition coefficient (Wildman–Crippen LogP) is 1.10. The summed E-state index contributed by atoms with van der Waals surface area (Å²) in [7, 11) is 0. The van der Waals surface area contributed by atoms with Crippen LogP contribution in [0, 0.1) is 0 Å². The Kier molecular flexibility index (Phi) is 5.09. The molecule has 0 saturated carbocycles. The van der Waals surface area contributed by atoms with Crippen molar-refractivity contribution >= 4 is 27.7 Å². The maximum atomic E-state index is 11.6. The number of amides is 2. The van der Waals surface area contributed by atoms with Gasteiger partial charge in [-0.15, -0.1) is 0 Å². The summed E-state index contributed by atoms with van der Waals surface area (Å²) in [4.78, 5) is 26.8. The van der Waals surface area contributed by atoms with Gasteiger partial charge in [0.2, 0.25) is 5.91 Å². The molecule has 1 aromatic heterocycles. The number of nitrogens with one attached hydrogen (secondary N) is 2. The largest absolute Gasteiger partial charge is 0.352 e. The summed E-state index contributed by atoms with van der Waals surface area (Å²) in [6.07, 6.45) is 1.44. The highest BCUT2D eigenvalue weighted by Gasteiger charge is 2.08.